The van der Waals surface area contributed by atoms with E-state index in [1.807, 2.05) is 0 Å². The van der Waals surface area contributed by atoms with Crippen molar-refractivity contribution in [3.8, 4) is 0 Å². The van der Waals surface area contributed by atoms with Crippen LogP contribution in [0.2, 0.25) is 0 Å². The average molecular weight is 182 g/mol. The molecule has 0 aliphatic heterocycles. The normalized spacial score (nSPS) is 11.0. The van der Waals surface area contributed by atoms with E-state index < -0.39 is 17.9 Å². The molecular weight excluding hydrogens is 172 g/mol. The molecule has 70 valence electrons. The number of hydrogen-bond acceptors (Lipinski definition) is 2. The van der Waals surface area contributed by atoms with E-state index >= 15 is 0 Å². The SMILES string of the molecule is C=CC(C=C)/C(=C/C(=O)O)C(=O)O. The summed E-state index contributed by atoms with van der Waals surface area (Å²) in [5, 5.41) is 17.0. The van der Waals surface area contributed by atoms with Crippen LogP contribution in [0, 0.1) is 5.92 Å². The molecule has 0 radical (unpaired) electrons. The molecule has 0 atom stereocenters. The molecule has 0 fully saturated rings. The molecule has 2 N–H and O–H groups in total. The molecule has 0 heterocycles. The van der Waals surface area contributed by atoms with Gasteiger partial charge in [0.2, 0.25) is 0 Å². The molecule has 0 unspecified atom stereocenters. The van der Waals surface area contributed by atoms with E-state index in [0.29, 0.717) is 6.08 Å². The van der Waals surface area contributed by atoms with Crippen LogP contribution >= 0.6 is 0 Å². The number of allylic oxidation sites excluding steroid dienone is 2. The standard InChI is InChI=1S/C9H10O4/c1-3-6(4-2)7(9(12)13)5-8(10)11/h3-6H,1-2H2,(H,10,11)(H,12,13)/b7-5-. The highest BCUT2D eigenvalue weighted by Gasteiger charge is 2.15. The van der Waals surface area contributed by atoms with E-state index in [2.05, 4.69) is 13.2 Å². The first kappa shape index (κ1) is 11.2. The van der Waals surface area contributed by atoms with Crippen LogP contribution in [-0.4, -0.2) is 22.2 Å². The Hall–Kier alpha value is -1.84. The zero-order chi connectivity index (χ0) is 10.4. The van der Waals surface area contributed by atoms with Gasteiger partial charge in [0.15, 0.2) is 0 Å². The van der Waals surface area contributed by atoms with Gasteiger partial charge in [-0.15, -0.1) is 13.2 Å². The molecular formula is C9H10O4. The van der Waals surface area contributed by atoms with E-state index in [9.17, 15) is 9.59 Å². The van der Waals surface area contributed by atoms with Gasteiger partial charge in [-0.2, -0.15) is 0 Å². The predicted octanol–water partition coefficient (Wildman–Crippen LogP) is 1.07. The number of rotatable bonds is 5. The molecule has 0 aromatic rings. The second kappa shape index (κ2) is 4.92. The van der Waals surface area contributed by atoms with Crippen molar-refractivity contribution in [2.75, 3.05) is 0 Å². The molecule has 0 rings (SSSR count). The fourth-order valence-corrected chi connectivity index (χ4v) is 0.784. The molecule has 0 aromatic carbocycles. The van der Waals surface area contributed by atoms with Crippen molar-refractivity contribution >= 4 is 11.9 Å². The first-order chi connectivity index (χ1) is 6.02. The summed E-state index contributed by atoms with van der Waals surface area (Å²) in [6.07, 6.45) is 3.27. The first-order valence-corrected chi connectivity index (χ1v) is 3.45. The van der Waals surface area contributed by atoms with Crippen LogP contribution in [0.4, 0.5) is 0 Å². The third kappa shape index (κ3) is 3.37. The minimum absolute atomic E-state index is 0.252. The highest BCUT2D eigenvalue weighted by atomic mass is 16.4. The Bertz CT molecular complexity index is 267. The number of carbonyl (C=O) groups is 2. The lowest BCUT2D eigenvalue weighted by molar-refractivity contribution is -0.135. The van der Waals surface area contributed by atoms with Crippen molar-refractivity contribution in [1.29, 1.82) is 0 Å². The monoisotopic (exact) mass is 182 g/mol. The average Bonchev–Trinajstić information content (AvgIpc) is 2.04. The Morgan fingerprint density at radius 2 is 1.62 bits per heavy atom. The summed E-state index contributed by atoms with van der Waals surface area (Å²) >= 11 is 0. The third-order valence-electron chi connectivity index (χ3n) is 1.39. The molecule has 0 aromatic heterocycles. The van der Waals surface area contributed by atoms with Gasteiger partial charge in [0.05, 0.1) is 5.57 Å². The third-order valence-corrected chi connectivity index (χ3v) is 1.39. The number of hydrogen-bond donors (Lipinski definition) is 2. The van der Waals surface area contributed by atoms with Crippen molar-refractivity contribution in [3.63, 3.8) is 0 Å². The summed E-state index contributed by atoms with van der Waals surface area (Å²) in [5.41, 5.74) is -0.252. The quantitative estimate of drug-likeness (QED) is 0.492. The van der Waals surface area contributed by atoms with Crippen LogP contribution < -0.4 is 0 Å². The van der Waals surface area contributed by atoms with Crippen LogP contribution in [0.15, 0.2) is 37.0 Å². The molecule has 0 aliphatic carbocycles. The minimum atomic E-state index is -1.30. The van der Waals surface area contributed by atoms with Crippen LogP contribution in [-0.2, 0) is 9.59 Å². The van der Waals surface area contributed by atoms with Crippen molar-refractivity contribution in [1.82, 2.24) is 0 Å². The second-order valence-electron chi connectivity index (χ2n) is 2.24. The highest BCUT2D eigenvalue weighted by Crippen LogP contribution is 2.13. The molecule has 4 nitrogen and oxygen atoms in total. The van der Waals surface area contributed by atoms with Gasteiger partial charge in [0, 0.05) is 12.0 Å². The van der Waals surface area contributed by atoms with E-state index in [4.69, 9.17) is 10.2 Å². The topological polar surface area (TPSA) is 74.6 Å². The lowest BCUT2D eigenvalue weighted by Gasteiger charge is -2.06. The highest BCUT2D eigenvalue weighted by molar-refractivity contribution is 5.95. The maximum Gasteiger partial charge on any atom is 0.332 e. The molecule has 13 heavy (non-hydrogen) atoms. The maximum absolute atomic E-state index is 10.6. The van der Waals surface area contributed by atoms with Gasteiger partial charge in [0.1, 0.15) is 0 Å². The van der Waals surface area contributed by atoms with Gasteiger partial charge < -0.3 is 10.2 Å². The van der Waals surface area contributed by atoms with Crippen molar-refractivity contribution in [3.05, 3.63) is 37.0 Å². The predicted molar refractivity (Wildman–Crippen MR) is 47.2 cm³/mol. The molecule has 0 amide bonds. The molecule has 0 spiro atoms. The van der Waals surface area contributed by atoms with Gasteiger partial charge in [-0.25, -0.2) is 9.59 Å². The van der Waals surface area contributed by atoms with Gasteiger partial charge in [-0.3, -0.25) is 0 Å². The van der Waals surface area contributed by atoms with Crippen LogP contribution in [0.5, 0.6) is 0 Å². The van der Waals surface area contributed by atoms with Crippen LogP contribution in [0.25, 0.3) is 0 Å². The minimum Gasteiger partial charge on any atom is -0.478 e. The summed E-state index contributed by atoms with van der Waals surface area (Å²) in [7, 11) is 0. The van der Waals surface area contributed by atoms with E-state index in [-0.39, 0.29) is 5.57 Å². The molecule has 0 bridgehead atoms. The first-order valence-electron chi connectivity index (χ1n) is 3.45. The zero-order valence-electron chi connectivity index (χ0n) is 6.93. The van der Waals surface area contributed by atoms with Crippen molar-refractivity contribution in [2.45, 2.75) is 0 Å². The Morgan fingerprint density at radius 1 is 1.15 bits per heavy atom. The second-order valence-corrected chi connectivity index (χ2v) is 2.24. The Balaban J connectivity index is 5.00. The van der Waals surface area contributed by atoms with Crippen molar-refractivity contribution < 1.29 is 19.8 Å². The summed E-state index contributed by atoms with van der Waals surface area (Å²) in [6, 6.07) is 0. The Morgan fingerprint density at radius 3 is 1.85 bits per heavy atom. The zero-order valence-corrected chi connectivity index (χ0v) is 6.93. The Kier molecular flexibility index (Phi) is 4.23. The molecule has 0 aliphatic rings. The van der Waals surface area contributed by atoms with E-state index in [1.165, 1.54) is 12.2 Å². The largest absolute Gasteiger partial charge is 0.478 e. The lowest BCUT2D eigenvalue weighted by atomic mass is 9.99. The van der Waals surface area contributed by atoms with Crippen LogP contribution in [0.3, 0.4) is 0 Å². The smallest absolute Gasteiger partial charge is 0.332 e. The Labute approximate surface area is 75.5 Å². The summed E-state index contributed by atoms with van der Waals surface area (Å²) in [6.45, 7) is 6.75. The lowest BCUT2D eigenvalue weighted by Crippen LogP contribution is -2.10. The summed E-state index contributed by atoms with van der Waals surface area (Å²) in [4.78, 5) is 20.8. The van der Waals surface area contributed by atoms with Gasteiger partial charge in [0.25, 0.3) is 0 Å². The molecule has 4 heteroatoms. The summed E-state index contributed by atoms with van der Waals surface area (Å²) < 4.78 is 0. The van der Waals surface area contributed by atoms with Crippen LogP contribution in [0.1, 0.15) is 0 Å². The van der Waals surface area contributed by atoms with Gasteiger partial charge in [-0.05, 0) is 0 Å². The number of carboxylic acid groups (broad SMARTS) is 2. The molecule has 0 saturated carbocycles. The van der Waals surface area contributed by atoms with Gasteiger partial charge in [-0.1, -0.05) is 12.2 Å². The van der Waals surface area contributed by atoms with E-state index in [1.54, 1.807) is 0 Å². The fourth-order valence-electron chi connectivity index (χ4n) is 0.784. The summed E-state index contributed by atoms with van der Waals surface area (Å²) in [5.74, 6) is -3.23. The van der Waals surface area contributed by atoms with E-state index in [0.717, 1.165) is 0 Å². The number of carboxylic acids is 2. The number of aliphatic carboxylic acids is 2. The molecule has 0 saturated heterocycles. The maximum atomic E-state index is 10.6. The van der Waals surface area contributed by atoms with Gasteiger partial charge >= 0.3 is 11.9 Å². The fraction of sp³-hybridized carbons (Fsp3) is 0.111. The van der Waals surface area contributed by atoms with Crippen molar-refractivity contribution in [2.24, 2.45) is 5.92 Å².